The first-order valence-electron chi connectivity index (χ1n) is 15.5. The Morgan fingerprint density at radius 3 is 2.64 bits per heavy atom. The summed E-state index contributed by atoms with van der Waals surface area (Å²) in [5, 5.41) is 3.00. The summed E-state index contributed by atoms with van der Waals surface area (Å²) in [5.74, 6) is -0.168. The number of rotatable bonds is 9. The van der Waals surface area contributed by atoms with Gasteiger partial charge in [-0.3, -0.25) is 19.4 Å². The highest BCUT2D eigenvalue weighted by atomic mass is 19.1. The van der Waals surface area contributed by atoms with Crippen molar-refractivity contribution in [3.63, 3.8) is 0 Å². The van der Waals surface area contributed by atoms with Crippen LogP contribution in [0.1, 0.15) is 69.8 Å². The van der Waals surface area contributed by atoms with E-state index in [4.69, 9.17) is 14.2 Å². The van der Waals surface area contributed by atoms with Gasteiger partial charge in [0.05, 0.1) is 11.3 Å². The first-order chi connectivity index (χ1) is 21.4. The van der Waals surface area contributed by atoms with Gasteiger partial charge < -0.3 is 19.5 Å². The first-order valence-corrected chi connectivity index (χ1v) is 15.5. The number of nitrogens with zero attached hydrogens (tertiary/aromatic N) is 2. The van der Waals surface area contributed by atoms with Crippen LogP contribution in [0.5, 0.6) is 11.5 Å². The van der Waals surface area contributed by atoms with Crippen LogP contribution in [0.4, 0.5) is 9.18 Å². The highest BCUT2D eigenvalue weighted by molar-refractivity contribution is 5.92. The minimum absolute atomic E-state index is 0.0368. The van der Waals surface area contributed by atoms with Gasteiger partial charge in [-0.15, -0.1) is 0 Å². The maximum absolute atomic E-state index is 15.3. The molecule has 1 N–H and O–H groups in total. The number of amides is 2. The summed E-state index contributed by atoms with van der Waals surface area (Å²) in [5.41, 5.74) is 0.428. The van der Waals surface area contributed by atoms with E-state index in [9.17, 15) is 14.4 Å². The van der Waals surface area contributed by atoms with Gasteiger partial charge in [-0.05, 0) is 83.8 Å². The molecule has 9 nitrogen and oxygen atoms in total. The number of nitrogens with one attached hydrogen (secondary N) is 1. The Morgan fingerprint density at radius 1 is 1.20 bits per heavy atom. The number of aldehydes is 1. The second kappa shape index (κ2) is 13.0. The van der Waals surface area contributed by atoms with Crippen LogP contribution in [0.3, 0.4) is 0 Å². The van der Waals surface area contributed by atoms with Crippen LogP contribution in [-0.4, -0.2) is 65.0 Å². The predicted molar refractivity (Wildman–Crippen MR) is 167 cm³/mol. The molecule has 0 saturated carbocycles. The quantitative estimate of drug-likeness (QED) is 0.336. The number of halogens is 1. The SMILES string of the molecule is CCN(C(=O)OC(C)(C)C)C1=C2NC(=O)C(C)(N3CCC[C@@H](Oc4ccc(OCc5ccccc5)c(C=O)c4)C3)C2CC(F)=C1. The summed E-state index contributed by atoms with van der Waals surface area (Å²) >= 11 is 0. The average Bonchev–Trinajstić information content (AvgIpc) is 3.26. The fourth-order valence-corrected chi connectivity index (χ4v) is 6.31. The lowest BCUT2D eigenvalue weighted by Gasteiger charge is -2.45. The minimum atomic E-state index is -1.06. The molecule has 2 aliphatic heterocycles. The number of carbonyl (C=O) groups excluding carboxylic acids is 3. The van der Waals surface area contributed by atoms with Crippen molar-refractivity contribution >= 4 is 18.3 Å². The molecule has 10 heteroatoms. The highest BCUT2D eigenvalue weighted by Gasteiger charge is 2.56. The topological polar surface area (TPSA) is 97.4 Å². The number of benzene rings is 2. The average molecular weight is 620 g/mol. The van der Waals surface area contributed by atoms with E-state index in [2.05, 4.69) is 10.2 Å². The summed E-state index contributed by atoms with van der Waals surface area (Å²) in [4.78, 5) is 42.1. The molecule has 2 aromatic carbocycles. The van der Waals surface area contributed by atoms with Crippen LogP contribution in [0, 0.1) is 5.92 Å². The van der Waals surface area contributed by atoms with Crippen LogP contribution >= 0.6 is 0 Å². The maximum atomic E-state index is 15.3. The third-order valence-corrected chi connectivity index (χ3v) is 8.61. The molecule has 0 aromatic heterocycles. The van der Waals surface area contributed by atoms with Gasteiger partial charge in [0.15, 0.2) is 6.29 Å². The van der Waals surface area contributed by atoms with E-state index >= 15 is 4.39 Å². The first kappa shape index (κ1) is 32.2. The molecule has 2 heterocycles. The monoisotopic (exact) mass is 619 g/mol. The molecular weight excluding hydrogens is 577 g/mol. The molecule has 3 aliphatic rings. The van der Waals surface area contributed by atoms with Crippen molar-refractivity contribution in [3.8, 4) is 11.5 Å². The zero-order valence-electron chi connectivity index (χ0n) is 26.6. The molecule has 0 spiro atoms. The molecule has 5 rings (SSSR count). The standard InChI is InChI=1S/C35H42FN3O6/c1-6-39(33(42)45-34(2,3)4)29-19-25(36)18-28-31(29)37-32(41)35(28,5)38-16-10-13-27(20-38)44-26-14-15-30(24(17-26)21-40)43-22-23-11-8-7-9-12-23/h7-9,11-12,14-15,17,19,21,27-28H,6,10,13,16,18,20,22H2,1-5H3,(H,37,41)/t27-,28?,35?/m1/s1. The van der Waals surface area contributed by atoms with Crippen molar-refractivity contribution in [2.24, 2.45) is 5.92 Å². The van der Waals surface area contributed by atoms with Gasteiger partial charge in [0, 0.05) is 31.1 Å². The van der Waals surface area contributed by atoms with Crippen molar-refractivity contribution in [2.45, 2.75) is 77.7 Å². The molecule has 2 aromatic rings. The van der Waals surface area contributed by atoms with Crippen molar-refractivity contribution in [2.75, 3.05) is 19.6 Å². The number of likely N-dealkylation sites (tertiary alicyclic amines) is 1. The van der Waals surface area contributed by atoms with Crippen molar-refractivity contribution in [1.82, 2.24) is 15.1 Å². The maximum Gasteiger partial charge on any atom is 0.414 e. The lowest BCUT2D eigenvalue weighted by Crippen LogP contribution is -2.59. The Bertz CT molecular complexity index is 1500. The molecular formula is C35H42FN3O6. The van der Waals surface area contributed by atoms with Crippen molar-refractivity contribution in [3.05, 3.63) is 83.0 Å². The van der Waals surface area contributed by atoms with E-state index in [1.807, 2.05) is 37.3 Å². The number of hydrogen-bond donors (Lipinski definition) is 1. The van der Waals surface area contributed by atoms with Crippen LogP contribution in [0.2, 0.25) is 0 Å². The van der Waals surface area contributed by atoms with E-state index in [-0.39, 0.29) is 25.0 Å². The normalized spacial score (nSPS) is 23.5. The van der Waals surface area contributed by atoms with Crippen LogP contribution < -0.4 is 14.8 Å². The van der Waals surface area contributed by atoms with Gasteiger partial charge in [-0.25, -0.2) is 9.18 Å². The van der Waals surface area contributed by atoms with Crippen molar-refractivity contribution < 1.29 is 33.0 Å². The molecule has 2 amide bonds. The van der Waals surface area contributed by atoms with E-state index in [1.165, 1.54) is 11.0 Å². The van der Waals surface area contributed by atoms with Crippen LogP contribution in [0.25, 0.3) is 0 Å². The Kier molecular flexibility index (Phi) is 9.34. The number of piperidine rings is 1. The summed E-state index contributed by atoms with van der Waals surface area (Å²) in [6.45, 7) is 10.6. The molecule has 45 heavy (non-hydrogen) atoms. The predicted octanol–water partition coefficient (Wildman–Crippen LogP) is 6.15. The molecule has 0 radical (unpaired) electrons. The number of likely N-dealkylation sites (N-methyl/N-ethyl adjacent to an activating group) is 1. The summed E-state index contributed by atoms with van der Waals surface area (Å²) in [6, 6.07) is 14.9. The van der Waals surface area contributed by atoms with Crippen LogP contribution in [-0.2, 0) is 16.1 Å². The number of ether oxygens (including phenoxy) is 3. The number of hydrogen-bond acceptors (Lipinski definition) is 7. The van der Waals surface area contributed by atoms with Crippen LogP contribution in [0.15, 0.2) is 71.8 Å². The Balaban J connectivity index is 1.32. The van der Waals surface area contributed by atoms with Gasteiger partial charge in [-0.2, -0.15) is 0 Å². The molecule has 240 valence electrons. The van der Waals surface area contributed by atoms with E-state index in [0.29, 0.717) is 48.2 Å². The molecule has 0 bridgehead atoms. The van der Waals surface area contributed by atoms with Gasteiger partial charge in [0.25, 0.3) is 0 Å². The van der Waals surface area contributed by atoms with E-state index in [0.717, 1.165) is 24.7 Å². The lowest BCUT2D eigenvalue weighted by molar-refractivity contribution is -0.132. The third-order valence-electron chi connectivity index (χ3n) is 8.61. The Morgan fingerprint density at radius 2 is 1.96 bits per heavy atom. The molecule has 3 atom stereocenters. The fourth-order valence-electron chi connectivity index (χ4n) is 6.31. The lowest BCUT2D eigenvalue weighted by atomic mass is 9.78. The zero-order chi connectivity index (χ0) is 32.4. The highest BCUT2D eigenvalue weighted by Crippen LogP contribution is 2.45. The van der Waals surface area contributed by atoms with E-state index < -0.39 is 29.0 Å². The van der Waals surface area contributed by atoms with Crippen molar-refractivity contribution in [1.29, 1.82) is 0 Å². The van der Waals surface area contributed by atoms with Gasteiger partial charge >= 0.3 is 6.09 Å². The third kappa shape index (κ3) is 6.91. The number of fused-ring (bicyclic) bond motifs is 1. The molecule has 2 fully saturated rings. The molecule has 2 unspecified atom stereocenters. The van der Waals surface area contributed by atoms with Gasteiger partial charge in [-0.1, -0.05) is 30.3 Å². The zero-order valence-corrected chi connectivity index (χ0v) is 26.6. The van der Waals surface area contributed by atoms with E-state index in [1.54, 1.807) is 45.9 Å². The van der Waals surface area contributed by atoms with Gasteiger partial charge in [0.2, 0.25) is 5.91 Å². The number of carbonyl (C=O) groups is 3. The second-order valence-electron chi connectivity index (χ2n) is 12.9. The Labute approximate surface area is 264 Å². The largest absolute Gasteiger partial charge is 0.489 e. The molecule has 1 aliphatic carbocycles. The molecule has 2 saturated heterocycles. The summed E-state index contributed by atoms with van der Waals surface area (Å²) in [7, 11) is 0. The summed E-state index contributed by atoms with van der Waals surface area (Å²) < 4.78 is 33.1. The number of allylic oxidation sites excluding steroid dienone is 2. The second-order valence-corrected chi connectivity index (χ2v) is 12.9. The summed E-state index contributed by atoms with van der Waals surface area (Å²) in [6.07, 6.45) is 2.77. The van der Waals surface area contributed by atoms with Gasteiger partial charge in [0.1, 0.15) is 41.2 Å². The Hall–Kier alpha value is -4.18. The smallest absolute Gasteiger partial charge is 0.414 e. The minimum Gasteiger partial charge on any atom is -0.489 e. The fraction of sp³-hybridized carbons (Fsp3) is 0.457.